The van der Waals surface area contributed by atoms with Crippen LogP contribution in [0.4, 0.5) is 20.2 Å². The summed E-state index contributed by atoms with van der Waals surface area (Å²) in [4.78, 5) is 11.7. The lowest BCUT2D eigenvalue weighted by Crippen LogP contribution is -2.45. The van der Waals surface area contributed by atoms with Crippen molar-refractivity contribution < 1.29 is 26.7 Å². The summed E-state index contributed by atoms with van der Waals surface area (Å²) in [7, 11) is -2.56. The number of benzene rings is 1. The van der Waals surface area contributed by atoms with E-state index in [-0.39, 0.29) is 23.0 Å². The van der Waals surface area contributed by atoms with Crippen molar-refractivity contribution in [2.75, 3.05) is 29.0 Å². The van der Waals surface area contributed by atoms with Crippen LogP contribution in [0.25, 0.3) is 0 Å². The summed E-state index contributed by atoms with van der Waals surface area (Å²) in [5, 5.41) is 2.34. The quantitative estimate of drug-likeness (QED) is 0.879. The Balaban J connectivity index is 2.44. The SMILES string of the molecule is COC(CS(=O)(=O)N1CC(=O)Nc2cc(F)c(F)cc21)C(C)C. The van der Waals surface area contributed by atoms with Gasteiger partial charge in [0.05, 0.1) is 23.2 Å². The number of anilines is 2. The van der Waals surface area contributed by atoms with Crippen LogP contribution in [-0.2, 0) is 19.6 Å². The molecule has 6 nitrogen and oxygen atoms in total. The molecule has 1 unspecified atom stereocenters. The molecule has 1 aliphatic heterocycles. The molecule has 1 N–H and O–H groups in total. The molecule has 0 bridgehead atoms. The highest BCUT2D eigenvalue weighted by molar-refractivity contribution is 7.92. The van der Waals surface area contributed by atoms with Crippen molar-refractivity contribution in [3.05, 3.63) is 23.8 Å². The van der Waals surface area contributed by atoms with Crippen LogP contribution in [0.5, 0.6) is 0 Å². The highest BCUT2D eigenvalue weighted by Gasteiger charge is 2.34. The van der Waals surface area contributed by atoms with Gasteiger partial charge in [-0.25, -0.2) is 17.2 Å². The second kappa shape index (κ2) is 6.40. The van der Waals surface area contributed by atoms with Crippen LogP contribution >= 0.6 is 0 Å². The van der Waals surface area contributed by atoms with Crippen molar-refractivity contribution in [3.8, 4) is 0 Å². The highest BCUT2D eigenvalue weighted by Crippen LogP contribution is 2.34. The number of hydrogen-bond acceptors (Lipinski definition) is 4. The van der Waals surface area contributed by atoms with E-state index in [1.807, 2.05) is 0 Å². The molecule has 0 fully saturated rings. The maximum atomic E-state index is 13.5. The summed E-state index contributed by atoms with van der Waals surface area (Å²) in [5.74, 6) is -3.41. The Morgan fingerprint density at radius 1 is 1.30 bits per heavy atom. The number of rotatable bonds is 5. The third kappa shape index (κ3) is 3.61. The van der Waals surface area contributed by atoms with Gasteiger partial charge in [-0.15, -0.1) is 0 Å². The van der Waals surface area contributed by atoms with Crippen LogP contribution in [0.3, 0.4) is 0 Å². The molecule has 128 valence electrons. The molecule has 1 aromatic carbocycles. The number of nitrogens with zero attached hydrogens (tertiary/aromatic N) is 1. The summed E-state index contributed by atoms with van der Waals surface area (Å²) in [6, 6.07) is 1.53. The largest absolute Gasteiger partial charge is 0.380 e. The number of carbonyl (C=O) groups is 1. The van der Waals surface area contributed by atoms with Crippen molar-refractivity contribution in [2.45, 2.75) is 20.0 Å². The number of amides is 1. The first kappa shape index (κ1) is 17.6. The van der Waals surface area contributed by atoms with Gasteiger partial charge in [-0.1, -0.05) is 13.8 Å². The standard InChI is InChI=1S/C14H18F2N2O4S/c1-8(2)13(22-3)7-23(20,21)18-6-14(19)17-11-4-9(15)10(16)5-12(11)18/h4-5,8,13H,6-7H2,1-3H3,(H,17,19). The van der Waals surface area contributed by atoms with Gasteiger partial charge in [0, 0.05) is 19.2 Å². The van der Waals surface area contributed by atoms with E-state index in [9.17, 15) is 22.0 Å². The molecular weight excluding hydrogens is 330 g/mol. The Morgan fingerprint density at radius 2 is 1.91 bits per heavy atom. The summed E-state index contributed by atoms with van der Waals surface area (Å²) < 4.78 is 58.0. The fraction of sp³-hybridized carbons (Fsp3) is 0.500. The number of ether oxygens (including phenoxy) is 1. The second-order valence-corrected chi connectivity index (χ2v) is 7.57. The number of sulfonamides is 1. The maximum Gasteiger partial charge on any atom is 0.245 e. The van der Waals surface area contributed by atoms with E-state index in [2.05, 4.69) is 5.32 Å². The van der Waals surface area contributed by atoms with Gasteiger partial charge in [-0.05, 0) is 5.92 Å². The summed E-state index contributed by atoms with van der Waals surface area (Å²) >= 11 is 0. The number of carbonyl (C=O) groups excluding carboxylic acids is 1. The smallest absolute Gasteiger partial charge is 0.245 e. The number of methoxy groups -OCH3 is 1. The molecule has 9 heteroatoms. The fourth-order valence-corrected chi connectivity index (χ4v) is 4.21. The molecule has 0 radical (unpaired) electrons. The van der Waals surface area contributed by atoms with Crippen LogP contribution in [0, 0.1) is 17.6 Å². The van der Waals surface area contributed by atoms with Gasteiger partial charge in [0.25, 0.3) is 0 Å². The zero-order chi connectivity index (χ0) is 17.4. The molecule has 23 heavy (non-hydrogen) atoms. The molecule has 0 aromatic heterocycles. The molecule has 1 aliphatic rings. The van der Waals surface area contributed by atoms with Gasteiger partial charge in [-0.3, -0.25) is 9.10 Å². The Bertz CT molecular complexity index is 722. The van der Waals surface area contributed by atoms with Crippen LogP contribution < -0.4 is 9.62 Å². The third-order valence-electron chi connectivity index (χ3n) is 3.63. The lowest BCUT2D eigenvalue weighted by molar-refractivity contribution is -0.115. The van der Waals surface area contributed by atoms with E-state index in [1.54, 1.807) is 13.8 Å². The topological polar surface area (TPSA) is 75.7 Å². The molecule has 0 spiro atoms. The zero-order valence-corrected chi connectivity index (χ0v) is 13.8. The molecule has 2 rings (SSSR count). The van der Waals surface area contributed by atoms with Gasteiger partial charge < -0.3 is 10.1 Å². The predicted molar refractivity (Wildman–Crippen MR) is 81.8 cm³/mol. The van der Waals surface area contributed by atoms with Crippen molar-refractivity contribution in [3.63, 3.8) is 0 Å². The lowest BCUT2D eigenvalue weighted by atomic mass is 10.1. The Hall–Kier alpha value is -1.74. The van der Waals surface area contributed by atoms with E-state index in [4.69, 9.17) is 4.74 Å². The normalized spacial score (nSPS) is 16.3. The molecule has 0 saturated carbocycles. The van der Waals surface area contributed by atoms with Gasteiger partial charge >= 0.3 is 0 Å². The predicted octanol–water partition coefficient (Wildman–Crippen LogP) is 1.72. The van der Waals surface area contributed by atoms with Crippen LogP contribution in [-0.4, -0.2) is 39.8 Å². The summed E-state index contributed by atoms with van der Waals surface area (Å²) in [5.41, 5.74) is -0.177. The number of fused-ring (bicyclic) bond motifs is 1. The van der Waals surface area contributed by atoms with Crippen molar-refractivity contribution >= 4 is 27.3 Å². The van der Waals surface area contributed by atoms with Crippen molar-refractivity contribution in [2.24, 2.45) is 5.92 Å². The first-order valence-corrected chi connectivity index (χ1v) is 8.58. The lowest BCUT2D eigenvalue weighted by Gasteiger charge is -2.31. The third-order valence-corrected chi connectivity index (χ3v) is 5.37. The second-order valence-electron chi connectivity index (χ2n) is 5.64. The molecule has 1 aromatic rings. The zero-order valence-electron chi connectivity index (χ0n) is 13.0. The minimum atomic E-state index is -3.96. The summed E-state index contributed by atoms with van der Waals surface area (Å²) in [6.07, 6.45) is -0.585. The average Bonchev–Trinajstić information content (AvgIpc) is 2.45. The monoisotopic (exact) mass is 348 g/mol. The average molecular weight is 348 g/mol. The fourth-order valence-electron chi connectivity index (χ4n) is 2.33. The van der Waals surface area contributed by atoms with Gasteiger partial charge in [0.15, 0.2) is 11.6 Å². The Kier molecular flexibility index (Phi) is 4.90. The van der Waals surface area contributed by atoms with E-state index in [1.165, 1.54) is 7.11 Å². The molecule has 1 atom stereocenters. The van der Waals surface area contributed by atoms with Gasteiger partial charge in [-0.2, -0.15) is 0 Å². The van der Waals surface area contributed by atoms with Gasteiger partial charge in [0.2, 0.25) is 15.9 Å². The Morgan fingerprint density at radius 3 is 2.48 bits per heavy atom. The number of nitrogens with one attached hydrogen (secondary N) is 1. The van der Waals surface area contributed by atoms with Crippen LogP contribution in [0.1, 0.15) is 13.8 Å². The minimum Gasteiger partial charge on any atom is -0.380 e. The first-order chi connectivity index (χ1) is 10.7. The minimum absolute atomic E-state index is 0.0715. The van der Waals surface area contributed by atoms with Crippen LogP contribution in [0.2, 0.25) is 0 Å². The van der Waals surface area contributed by atoms with Crippen molar-refractivity contribution in [1.29, 1.82) is 0 Å². The number of halogens is 2. The van der Waals surface area contributed by atoms with Crippen LogP contribution in [0.15, 0.2) is 12.1 Å². The highest BCUT2D eigenvalue weighted by atomic mass is 32.2. The summed E-state index contributed by atoms with van der Waals surface area (Å²) in [6.45, 7) is 3.11. The molecule has 0 aliphatic carbocycles. The Labute approximate surface area is 133 Å². The first-order valence-electron chi connectivity index (χ1n) is 6.97. The molecule has 0 saturated heterocycles. The van der Waals surface area contributed by atoms with E-state index in [0.717, 1.165) is 16.4 Å². The number of hydrogen-bond donors (Lipinski definition) is 1. The molecule has 1 amide bonds. The molecule has 1 heterocycles. The van der Waals surface area contributed by atoms with Gasteiger partial charge in [0.1, 0.15) is 6.54 Å². The van der Waals surface area contributed by atoms with E-state index < -0.39 is 40.2 Å². The van der Waals surface area contributed by atoms with E-state index >= 15 is 0 Å². The molecular formula is C14H18F2N2O4S. The maximum absolute atomic E-state index is 13.5. The van der Waals surface area contributed by atoms with Crippen molar-refractivity contribution in [1.82, 2.24) is 0 Å². The van der Waals surface area contributed by atoms with E-state index in [0.29, 0.717) is 0 Å².